The number of ether oxygens (including phenoxy) is 2. The Bertz CT molecular complexity index is 1480. The van der Waals surface area contributed by atoms with Crippen molar-refractivity contribution in [1.29, 1.82) is 0 Å². The Balaban J connectivity index is 0.00000380. The smallest absolute Gasteiger partial charge is 0.252 e. The first kappa shape index (κ1) is 58.2. The molecule has 2 heterocycles. The van der Waals surface area contributed by atoms with Gasteiger partial charge in [-0.25, -0.2) is 0 Å². The van der Waals surface area contributed by atoms with Crippen LogP contribution in [0.3, 0.4) is 0 Å². The molecule has 0 aromatic carbocycles. The van der Waals surface area contributed by atoms with Crippen molar-refractivity contribution in [2.45, 2.75) is 196 Å². The number of aliphatic hydroxyl groups is 2. The summed E-state index contributed by atoms with van der Waals surface area (Å²) >= 11 is 0. The van der Waals surface area contributed by atoms with Crippen molar-refractivity contribution in [1.82, 2.24) is 4.90 Å². The summed E-state index contributed by atoms with van der Waals surface area (Å²) in [5.41, 5.74) is 6.42. The van der Waals surface area contributed by atoms with Crippen LogP contribution >= 0.6 is 0 Å². The number of hydrogen-bond acceptors (Lipinski definition) is 5. The number of amides is 1. The molecule has 0 aromatic rings. The fourth-order valence-electron chi connectivity index (χ4n) is 9.58. The van der Waals surface area contributed by atoms with Gasteiger partial charge in [0.15, 0.2) is 0 Å². The monoisotopic (exact) mass is 876 g/mol. The summed E-state index contributed by atoms with van der Waals surface area (Å²) in [5.74, 6) is 2.60. The topological polar surface area (TPSA) is 79.2 Å². The summed E-state index contributed by atoms with van der Waals surface area (Å²) in [6, 6.07) is 0.0216. The lowest BCUT2D eigenvalue weighted by atomic mass is 9.74. The second-order valence-corrected chi connectivity index (χ2v) is 19.6. The van der Waals surface area contributed by atoms with Crippen LogP contribution in [-0.2, 0) is 14.3 Å². The van der Waals surface area contributed by atoms with Crippen LogP contribution in [0, 0.1) is 35.5 Å². The number of methoxy groups -OCH3 is 1. The third-order valence-electron chi connectivity index (χ3n) is 13.8. The third kappa shape index (κ3) is 21.8. The lowest BCUT2D eigenvalue weighted by Gasteiger charge is -2.41. The van der Waals surface area contributed by atoms with Gasteiger partial charge in [-0.15, -0.1) is 0 Å². The largest absolute Gasteiger partial charge is 0.400 e. The molecule has 360 valence electrons. The second-order valence-electron chi connectivity index (χ2n) is 19.6. The van der Waals surface area contributed by atoms with Gasteiger partial charge in [0, 0.05) is 32.9 Å². The van der Waals surface area contributed by atoms with E-state index in [9.17, 15) is 9.90 Å². The van der Waals surface area contributed by atoms with Gasteiger partial charge in [-0.1, -0.05) is 153 Å². The van der Waals surface area contributed by atoms with Gasteiger partial charge >= 0.3 is 0 Å². The summed E-state index contributed by atoms with van der Waals surface area (Å²) < 4.78 is 11.9. The highest BCUT2D eigenvalue weighted by Crippen LogP contribution is 2.39. The second kappa shape index (κ2) is 32.8. The zero-order chi connectivity index (χ0) is 47.5. The molecule has 0 spiro atoms. The van der Waals surface area contributed by atoms with E-state index in [2.05, 4.69) is 116 Å². The summed E-state index contributed by atoms with van der Waals surface area (Å²) in [7, 11) is 2.86. The molecule has 63 heavy (non-hydrogen) atoms. The van der Waals surface area contributed by atoms with Crippen LogP contribution in [0.1, 0.15) is 171 Å². The van der Waals surface area contributed by atoms with Gasteiger partial charge in [0.2, 0.25) is 0 Å². The molecule has 1 saturated carbocycles. The predicted octanol–water partition coefficient (Wildman–Crippen LogP) is 14.3. The number of carbonyl (C=O) groups is 1. The maximum Gasteiger partial charge on any atom is 0.252 e. The normalized spacial score (nSPS) is 24.6. The first-order valence-electron chi connectivity index (χ1n) is 25.0. The minimum atomic E-state index is -0.550. The molecule has 2 aliphatic heterocycles. The third-order valence-corrected chi connectivity index (χ3v) is 13.8. The zero-order valence-corrected chi connectivity index (χ0v) is 42.6. The zero-order valence-electron chi connectivity index (χ0n) is 42.6. The van der Waals surface area contributed by atoms with E-state index in [4.69, 9.17) is 21.2 Å². The Kier molecular flexibility index (Phi) is 30.3. The molecule has 2 N–H and O–H groups in total. The van der Waals surface area contributed by atoms with Gasteiger partial charge in [-0.05, 0) is 145 Å². The van der Waals surface area contributed by atoms with Crippen LogP contribution in [-0.4, -0.2) is 72.7 Å². The fraction of sp³-hybridized carbons (Fsp3) is 0.702. The quantitative estimate of drug-likeness (QED) is 0.0607. The Hall–Kier alpha value is -2.77. The van der Waals surface area contributed by atoms with Gasteiger partial charge in [0.05, 0.1) is 24.4 Å². The first-order chi connectivity index (χ1) is 30.1. The van der Waals surface area contributed by atoms with Crippen molar-refractivity contribution < 1.29 is 24.5 Å². The Morgan fingerprint density at radius 3 is 2.25 bits per heavy atom. The van der Waals surface area contributed by atoms with E-state index in [0.29, 0.717) is 60.2 Å². The molecular weight excluding hydrogens is 779 g/mol. The molecule has 0 aromatic heterocycles. The summed E-state index contributed by atoms with van der Waals surface area (Å²) in [5, 5.41) is 18.3. The van der Waals surface area contributed by atoms with Crippen LogP contribution < -0.4 is 0 Å². The van der Waals surface area contributed by atoms with Gasteiger partial charge in [-0.2, -0.15) is 0 Å². The number of likely N-dealkylation sites (tertiary alicyclic amines) is 1. The first-order valence-corrected chi connectivity index (χ1v) is 25.0. The molecule has 3 rings (SSSR count). The summed E-state index contributed by atoms with van der Waals surface area (Å²) in [6.07, 6.45) is 30.1. The molecule has 2 saturated heterocycles. The van der Waals surface area contributed by atoms with Crippen LogP contribution in [0.4, 0.5) is 0 Å². The molecule has 6 nitrogen and oxygen atoms in total. The van der Waals surface area contributed by atoms with Crippen molar-refractivity contribution in [3.8, 4) is 0 Å². The van der Waals surface area contributed by atoms with E-state index in [1.54, 1.807) is 0 Å². The molecule has 0 radical (unpaired) electrons. The standard InChI is InChI=1S/C53H85NO4.C3H8.CH4O/c1-13-37(2)21-15-14-16-22-38(3)31-42(7)43(8)35-51(55)40(5)28-27-39(4)32-48(44(9)33-47-24-19-25-49(36-47)57-12)34-45(10)50-26-17-18-29-54(50)53(56)46(11)52-41(6)23-20-30-58-52;1-3-2;1-2/h14-16,21-22,28,38,41-42,44,47-52,55H,4,8,10-11,13,17-20,23-27,29-36H2,1-3,5-7,9,12H3;3H2,1-2H3;2H,1H3/b15-14+,22-16+,37-21+,40-28+;;/t38-,41?,42?,44?,47?,48?,49?,50?,51?,52?;;/m1../s1. The summed E-state index contributed by atoms with van der Waals surface area (Å²) in [4.78, 5) is 16.1. The van der Waals surface area contributed by atoms with Crippen molar-refractivity contribution in [2.24, 2.45) is 35.5 Å². The van der Waals surface area contributed by atoms with Gasteiger partial charge in [0.25, 0.3) is 5.91 Å². The number of nitrogens with zero attached hydrogens (tertiary/aromatic N) is 1. The molecule has 6 heteroatoms. The lowest BCUT2D eigenvalue weighted by Crippen LogP contribution is -2.48. The minimum absolute atomic E-state index is 0.0216. The number of allylic oxidation sites excluding steroid dienone is 8. The van der Waals surface area contributed by atoms with Crippen LogP contribution in [0.5, 0.6) is 0 Å². The van der Waals surface area contributed by atoms with Crippen LogP contribution in [0.25, 0.3) is 0 Å². The fourth-order valence-corrected chi connectivity index (χ4v) is 9.58. The maximum atomic E-state index is 14.1. The van der Waals surface area contributed by atoms with E-state index in [1.165, 1.54) is 36.8 Å². The van der Waals surface area contributed by atoms with Gasteiger partial charge in [-0.3, -0.25) is 4.79 Å². The number of piperidine rings is 1. The molecule has 10 atom stereocenters. The Morgan fingerprint density at radius 1 is 0.905 bits per heavy atom. The summed E-state index contributed by atoms with van der Waals surface area (Å²) in [6.45, 7) is 39.2. The number of hydrogen-bond donors (Lipinski definition) is 2. The number of rotatable bonds is 23. The molecule has 3 fully saturated rings. The van der Waals surface area contributed by atoms with Gasteiger partial charge in [0.1, 0.15) is 0 Å². The van der Waals surface area contributed by atoms with Crippen molar-refractivity contribution in [3.05, 3.63) is 96.2 Å². The highest BCUT2D eigenvalue weighted by atomic mass is 16.5. The highest BCUT2D eigenvalue weighted by molar-refractivity contribution is 5.94. The SMILES string of the molecule is C=C(C/C=C(\C)C(O)CC(=C)C(C)C[C@H](C)/C=C/C=C/C=C(\C)CC)CC(CC(=C)C1CCCCN1C(=O)C(=C)C1OCCCC1C)C(C)CC1CCCC(OC)C1.CCC.CO. The average molecular weight is 876 g/mol. The van der Waals surface area contributed by atoms with Crippen molar-refractivity contribution >= 4 is 5.91 Å². The van der Waals surface area contributed by atoms with Crippen molar-refractivity contribution in [3.63, 3.8) is 0 Å². The Morgan fingerprint density at radius 2 is 1.60 bits per heavy atom. The van der Waals surface area contributed by atoms with E-state index in [0.717, 1.165) is 107 Å². The molecule has 0 bridgehead atoms. The van der Waals surface area contributed by atoms with Crippen LogP contribution in [0.15, 0.2) is 96.2 Å². The van der Waals surface area contributed by atoms with Crippen LogP contribution in [0.2, 0.25) is 0 Å². The maximum absolute atomic E-state index is 14.1. The molecular formula is C57H97NO5. The van der Waals surface area contributed by atoms with E-state index < -0.39 is 6.10 Å². The highest BCUT2D eigenvalue weighted by Gasteiger charge is 2.36. The molecule has 1 amide bonds. The van der Waals surface area contributed by atoms with E-state index in [-0.39, 0.29) is 18.1 Å². The molecule has 3 aliphatic rings. The molecule has 1 aliphatic carbocycles. The van der Waals surface area contributed by atoms with Gasteiger partial charge < -0.3 is 24.6 Å². The predicted molar refractivity (Wildman–Crippen MR) is 272 cm³/mol. The Labute approximate surface area is 388 Å². The molecule has 9 unspecified atom stereocenters. The number of carbonyl (C=O) groups excluding carboxylic acids is 1. The van der Waals surface area contributed by atoms with E-state index >= 15 is 0 Å². The van der Waals surface area contributed by atoms with Crippen molar-refractivity contribution in [2.75, 3.05) is 27.4 Å². The lowest BCUT2D eigenvalue weighted by molar-refractivity contribution is -0.132. The van der Waals surface area contributed by atoms with E-state index in [1.807, 2.05) is 14.0 Å². The minimum Gasteiger partial charge on any atom is -0.400 e. The average Bonchev–Trinajstić information content (AvgIpc) is 3.28. The number of aliphatic hydroxyl groups excluding tert-OH is 2.